The highest BCUT2D eigenvalue weighted by Crippen LogP contribution is 2.27. The molecule has 0 radical (unpaired) electrons. The predicted molar refractivity (Wildman–Crippen MR) is 52.0 cm³/mol. The maximum atomic E-state index is 12.2. The molecule has 1 heterocycles. The van der Waals surface area contributed by atoms with Crippen molar-refractivity contribution in [3.05, 3.63) is 18.0 Å². The van der Waals surface area contributed by atoms with E-state index in [4.69, 9.17) is 13.0 Å². The van der Waals surface area contributed by atoms with Crippen LogP contribution in [0.3, 0.4) is 0 Å². The topological polar surface area (TPSA) is 66.0 Å². The molecule has 20 heavy (non-hydrogen) atoms. The third kappa shape index (κ3) is 5.00. The van der Waals surface area contributed by atoms with Crippen LogP contribution in [0, 0.1) is 0 Å². The first kappa shape index (κ1) is 18.7. The summed E-state index contributed by atoms with van der Waals surface area (Å²) in [6, 6.07) is 1.07. The van der Waals surface area contributed by atoms with Gasteiger partial charge < -0.3 is 4.55 Å². The van der Waals surface area contributed by atoms with Crippen molar-refractivity contribution >= 4 is 10.1 Å². The Kier molecular flexibility index (Phi) is 5.60. The van der Waals surface area contributed by atoms with Crippen LogP contribution in [0.2, 0.25) is 0 Å². The Morgan fingerprint density at radius 2 is 1.65 bits per heavy atom. The molecule has 118 valence electrons. The van der Waals surface area contributed by atoms with E-state index in [0.717, 1.165) is 10.7 Å². The fourth-order valence-corrected chi connectivity index (χ4v) is 1.10. The number of alkyl halides is 6. The summed E-state index contributed by atoms with van der Waals surface area (Å²) in [5, 5.41) is 0. The maximum absolute atomic E-state index is 12.2. The van der Waals surface area contributed by atoms with Gasteiger partial charge in [-0.3, -0.25) is 0 Å². The summed E-state index contributed by atoms with van der Waals surface area (Å²) in [5.41, 5.74) is -6.27. The van der Waals surface area contributed by atoms with Gasteiger partial charge in [0.2, 0.25) is 0 Å². The van der Waals surface area contributed by atoms with Crippen molar-refractivity contribution in [2.75, 3.05) is 0 Å². The molecule has 0 atom stereocenters. The van der Waals surface area contributed by atoms with Crippen LogP contribution in [0.5, 0.6) is 0 Å². The summed E-state index contributed by atoms with van der Waals surface area (Å²) in [6.07, 6.45) is -2.84. The average molecular weight is 328 g/mol. The van der Waals surface area contributed by atoms with Crippen molar-refractivity contribution in [1.29, 1.82) is 0 Å². The quantitative estimate of drug-likeness (QED) is 0.339. The fraction of sp³-hybridized carbons (Fsp3) is 0.625. The summed E-state index contributed by atoms with van der Waals surface area (Å²) >= 11 is 0. The van der Waals surface area contributed by atoms with E-state index < -0.39 is 27.5 Å². The first-order chi connectivity index (χ1) is 8.71. The van der Waals surface area contributed by atoms with Crippen LogP contribution in [0.1, 0.15) is 12.6 Å². The van der Waals surface area contributed by atoms with E-state index in [2.05, 4.69) is 0 Å². The Morgan fingerprint density at radius 3 is 1.80 bits per heavy atom. The van der Waals surface area contributed by atoms with E-state index >= 15 is 0 Å². The minimum Gasteiger partial charge on any atom is -0.741 e. The van der Waals surface area contributed by atoms with E-state index in [-0.39, 0.29) is 0 Å². The van der Waals surface area contributed by atoms with Gasteiger partial charge in [0.05, 0.1) is 7.05 Å². The molecule has 0 amide bonds. The zero-order valence-corrected chi connectivity index (χ0v) is 11.0. The highest BCUT2D eigenvalue weighted by Gasteiger charge is 2.37. The Balaban J connectivity index is 0.000000396. The Morgan fingerprint density at radius 1 is 1.25 bits per heavy atom. The van der Waals surface area contributed by atoms with E-state index in [1.54, 1.807) is 6.92 Å². The second-order valence-electron chi connectivity index (χ2n) is 3.38. The average Bonchev–Trinajstić information content (AvgIpc) is 2.56. The van der Waals surface area contributed by atoms with Crippen molar-refractivity contribution in [3.63, 3.8) is 0 Å². The molecular formula is C8H10F6N2O3S. The molecule has 0 aromatic carbocycles. The van der Waals surface area contributed by atoms with Crippen LogP contribution < -0.4 is 4.68 Å². The first-order valence-corrected chi connectivity index (χ1v) is 6.27. The molecule has 0 aliphatic rings. The molecule has 0 unspecified atom stereocenters. The van der Waals surface area contributed by atoms with Gasteiger partial charge in [-0.25, -0.2) is 8.42 Å². The number of hydrogen-bond acceptors (Lipinski definition) is 3. The Labute approximate surface area is 110 Å². The highest BCUT2D eigenvalue weighted by atomic mass is 32.2. The summed E-state index contributed by atoms with van der Waals surface area (Å²) in [5.74, 6) is 0. The van der Waals surface area contributed by atoms with Crippen LogP contribution >= 0.6 is 0 Å². The minimum atomic E-state index is -6.09. The molecule has 0 bridgehead atoms. The smallest absolute Gasteiger partial charge is 0.485 e. The monoisotopic (exact) mass is 328 g/mol. The number of halogens is 6. The molecule has 1 aromatic heterocycles. The molecule has 1 rings (SSSR count). The molecular weight excluding hydrogens is 318 g/mol. The van der Waals surface area contributed by atoms with Crippen LogP contribution in [-0.4, -0.2) is 23.2 Å². The second-order valence-corrected chi connectivity index (χ2v) is 4.75. The number of aromatic nitrogens is 2. The molecule has 0 saturated heterocycles. The lowest BCUT2D eigenvalue weighted by Crippen LogP contribution is -2.41. The van der Waals surface area contributed by atoms with Gasteiger partial charge >= 0.3 is 11.7 Å². The van der Waals surface area contributed by atoms with Gasteiger partial charge in [-0.05, 0) is 6.92 Å². The van der Waals surface area contributed by atoms with Crippen molar-refractivity contribution in [3.8, 4) is 0 Å². The molecule has 0 N–H and O–H groups in total. The number of nitrogens with zero attached hydrogens (tertiary/aromatic N) is 2. The van der Waals surface area contributed by atoms with Gasteiger partial charge in [0.25, 0.3) is 0 Å². The van der Waals surface area contributed by atoms with Gasteiger partial charge in [-0.2, -0.15) is 31.0 Å². The van der Waals surface area contributed by atoms with Crippen molar-refractivity contribution < 1.29 is 44.0 Å². The van der Waals surface area contributed by atoms with Crippen LogP contribution in [0.15, 0.2) is 12.3 Å². The molecule has 12 heteroatoms. The lowest BCUT2D eigenvalue weighted by molar-refractivity contribution is -0.771. The van der Waals surface area contributed by atoms with Gasteiger partial charge in [0.1, 0.15) is 0 Å². The van der Waals surface area contributed by atoms with Crippen molar-refractivity contribution in [2.24, 2.45) is 7.05 Å². The Bertz CT molecular complexity index is 546. The van der Waals surface area contributed by atoms with Gasteiger partial charge in [0.15, 0.2) is 28.6 Å². The Hall–Kier alpha value is -1.30. The molecule has 0 aliphatic heterocycles. The standard InChI is InChI=1S/C7H10F3N2.CHF3O3S/c1-3-12-5-4-6(11(12)2)7(8,9)10;2-1(3,4)8(5,6)7/h4-5H,3H2,1-2H3;(H,5,6,7)/q+1;/p-1. The SMILES string of the molecule is CC[n+]1ccc(C(F)(F)F)n1C.O=S(=O)([O-])C(F)(F)F. The van der Waals surface area contributed by atoms with E-state index in [9.17, 15) is 26.3 Å². The summed E-state index contributed by atoms with van der Waals surface area (Å²) < 4.78 is 98.0. The predicted octanol–water partition coefficient (Wildman–Crippen LogP) is 1.40. The molecule has 1 aromatic rings. The van der Waals surface area contributed by atoms with Crippen molar-refractivity contribution in [1.82, 2.24) is 4.68 Å². The zero-order chi connectivity index (χ0) is 16.4. The van der Waals surface area contributed by atoms with Crippen molar-refractivity contribution in [2.45, 2.75) is 25.2 Å². The van der Waals surface area contributed by atoms with Gasteiger partial charge in [0, 0.05) is 6.07 Å². The molecule has 0 aliphatic carbocycles. The molecule has 0 fully saturated rings. The number of rotatable bonds is 1. The maximum Gasteiger partial charge on any atom is 0.485 e. The van der Waals surface area contributed by atoms with Gasteiger partial charge in [-0.1, -0.05) is 0 Å². The second kappa shape index (κ2) is 5.99. The van der Waals surface area contributed by atoms with E-state index in [0.29, 0.717) is 6.54 Å². The highest BCUT2D eigenvalue weighted by molar-refractivity contribution is 7.86. The van der Waals surface area contributed by atoms with E-state index in [1.165, 1.54) is 17.9 Å². The molecule has 0 saturated carbocycles. The summed E-state index contributed by atoms with van der Waals surface area (Å²) in [4.78, 5) is 0. The third-order valence-corrected chi connectivity index (χ3v) is 2.60. The van der Waals surface area contributed by atoms with Crippen LogP contribution in [-0.2, 0) is 29.9 Å². The van der Waals surface area contributed by atoms with Crippen LogP contribution in [0.25, 0.3) is 0 Å². The third-order valence-electron chi connectivity index (χ3n) is 2.04. The zero-order valence-electron chi connectivity index (χ0n) is 10.2. The largest absolute Gasteiger partial charge is 0.741 e. The van der Waals surface area contributed by atoms with Gasteiger partial charge in [-0.15, -0.1) is 4.68 Å². The number of aryl methyl sites for hydroxylation is 1. The molecule has 0 spiro atoms. The fourth-order valence-electron chi connectivity index (χ4n) is 1.10. The normalized spacial score (nSPS) is 12.8. The summed E-state index contributed by atoms with van der Waals surface area (Å²) in [6.45, 7) is 2.33. The lowest BCUT2D eigenvalue weighted by Gasteiger charge is -2.08. The number of hydrogen-bond donors (Lipinski definition) is 0. The van der Waals surface area contributed by atoms with Crippen LogP contribution in [0.4, 0.5) is 26.3 Å². The minimum absolute atomic E-state index is 0.534. The summed E-state index contributed by atoms with van der Waals surface area (Å²) in [7, 11) is -4.70. The molecule has 5 nitrogen and oxygen atoms in total. The van der Waals surface area contributed by atoms with E-state index in [1.807, 2.05) is 0 Å². The lowest BCUT2D eigenvalue weighted by atomic mass is 10.4. The first-order valence-electron chi connectivity index (χ1n) is 4.86.